The highest BCUT2D eigenvalue weighted by molar-refractivity contribution is 5.27. The van der Waals surface area contributed by atoms with Gasteiger partial charge in [-0.15, -0.1) is 0 Å². The lowest BCUT2D eigenvalue weighted by atomic mass is 10.1. The molecule has 2 aromatic carbocycles. The lowest BCUT2D eigenvalue weighted by Gasteiger charge is -2.16. The molecule has 0 fully saturated rings. The maximum absolute atomic E-state index is 5.17. The monoisotopic (exact) mass is 269 g/mol. The van der Waals surface area contributed by atoms with Crippen LogP contribution in [0.4, 0.5) is 0 Å². The second kappa shape index (κ2) is 7.71. The van der Waals surface area contributed by atoms with Gasteiger partial charge in [-0.1, -0.05) is 42.5 Å². The quantitative estimate of drug-likeness (QED) is 0.759. The highest BCUT2D eigenvalue weighted by Crippen LogP contribution is 2.13. The van der Waals surface area contributed by atoms with Crippen LogP contribution in [0.1, 0.15) is 17.5 Å². The Morgan fingerprint density at radius 1 is 0.900 bits per heavy atom. The van der Waals surface area contributed by atoms with Crippen LogP contribution in [0.5, 0.6) is 5.75 Å². The van der Waals surface area contributed by atoms with E-state index >= 15 is 0 Å². The molecular formula is C18H23NO. The van der Waals surface area contributed by atoms with E-state index in [1.165, 1.54) is 17.5 Å². The molecule has 0 spiro atoms. The minimum Gasteiger partial charge on any atom is -0.497 e. The van der Waals surface area contributed by atoms with E-state index in [0.717, 1.165) is 25.3 Å². The smallest absolute Gasteiger partial charge is 0.118 e. The molecule has 2 nitrogen and oxygen atoms in total. The van der Waals surface area contributed by atoms with Crippen LogP contribution < -0.4 is 4.74 Å². The fraction of sp³-hybridized carbons (Fsp3) is 0.333. The minimum absolute atomic E-state index is 0.926. The van der Waals surface area contributed by atoms with Crippen LogP contribution >= 0.6 is 0 Å². The average Bonchev–Trinajstić information content (AvgIpc) is 2.49. The second-order valence-corrected chi connectivity index (χ2v) is 5.18. The molecule has 0 aromatic heterocycles. The highest BCUT2D eigenvalue weighted by Gasteiger charge is 2.01. The van der Waals surface area contributed by atoms with Crippen molar-refractivity contribution in [3.8, 4) is 5.75 Å². The summed E-state index contributed by atoms with van der Waals surface area (Å²) in [6.45, 7) is 2.13. The maximum Gasteiger partial charge on any atom is 0.118 e. The molecule has 0 aliphatic carbocycles. The van der Waals surface area contributed by atoms with Crippen molar-refractivity contribution in [3.05, 3.63) is 65.7 Å². The van der Waals surface area contributed by atoms with E-state index in [1.54, 1.807) is 7.11 Å². The van der Waals surface area contributed by atoms with Gasteiger partial charge < -0.3 is 9.64 Å². The SMILES string of the molecule is COc1ccc(CCCN(C)Cc2ccccc2)cc1. The topological polar surface area (TPSA) is 12.5 Å². The Labute approximate surface area is 122 Å². The third-order valence-electron chi connectivity index (χ3n) is 3.46. The van der Waals surface area contributed by atoms with Gasteiger partial charge in [0.15, 0.2) is 0 Å². The van der Waals surface area contributed by atoms with E-state index in [1.807, 2.05) is 12.1 Å². The van der Waals surface area contributed by atoms with Crippen molar-refractivity contribution in [3.63, 3.8) is 0 Å². The van der Waals surface area contributed by atoms with E-state index in [0.29, 0.717) is 0 Å². The van der Waals surface area contributed by atoms with E-state index in [-0.39, 0.29) is 0 Å². The molecule has 0 heterocycles. The van der Waals surface area contributed by atoms with Crippen molar-refractivity contribution in [2.75, 3.05) is 20.7 Å². The Morgan fingerprint density at radius 3 is 2.25 bits per heavy atom. The zero-order chi connectivity index (χ0) is 14.2. The van der Waals surface area contributed by atoms with Crippen LogP contribution in [0.25, 0.3) is 0 Å². The fourth-order valence-electron chi connectivity index (χ4n) is 2.32. The summed E-state index contributed by atoms with van der Waals surface area (Å²) < 4.78 is 5.17. The lowest BCUT2D eigenvalue weighted by Crippen LogP contribution is -2.19. The summed E-state index contributed by atoms with van der Waals surface area (Å²) in [5, 5.41) is 0. The number of hydrogen-bond acceptors (Lipinski definition) is 2. The van der Waals surface area contributed by atoms with Crippen LogP contribution in [-0.4, -0.2) is 25.6 Å². The van der Waals surface area contributed by atoms with Crippen LogP contribution in [0.2, 0.25) is 0 Å². The third-order valence-corrected chi connectivity index (χ3v) is 3.46. The Hall–Kier alpha value is -1.80. The number of nitrogens with zero attached hydrogens (tertiary/aromatic N) is 1. The Morgan fingerprint density at radius 2 is 1.60 bits per heavy atom. The van der Waals surface area contributed by atoms with Crippen molar-refractivity contribution in [1.82, 2.24) is 4.90 Å². The number of hydrogen-bond donors (Lipinski definition) is 0. The van der Waals surface area contributed by atoms with Crippen molar-refractivity contribution in [2.45, 2.75) is 19.4 Å². The molecule has 0 N–H and O–H groups in total. The van der Waals surface area contributed by atoms with E-state index in [2.05, 4.69) is 54.4 Å². The first-order chi connectivity index (χ1) is 9.78. The summed E-state index contributed by atoms with van der Waals surface area (Å²) in [4.78, 5) is 2.37. The first-order valence-corrected chi connectivity index (χ1v) is 7.13. The molecule has 2 heteroatoms. The average molecular weight is 269 g/mol. The Kier molecular flexibility index (Phi) is 5.63. The van der Waals surface area contributed by atoms with Gasteiger partial charge >= 0.3 is 0 Å². The molecule has 0 unspecified atom stereocenters. The Balaban J connectivity index is 1.72. The third kappa shape index (κ3) is 4.71. The van der Waals surface area contributed by atoms with Gasteiger partial charge in [0.2, 0.25) is 0 Å². The fourth-order valence-corrected chi connectivity index (χ4v) is 2.32. The Bertz CT molecular complexity index is 493. The van der Waals surface area contributed by atoms with Gasteiger partial charge in [0.1, 0.15) is 5.75 Å². The van der Waals surface area contributed by atoms with Gasteiger partial charge in [0.25, 0.3) is 0 Å². The highest BCUT2D eigenvalue weighted by atomic mass is 16.5. The summed E-state index contributed by atoms with van der Waals surface area (Å²) in [7, 11) is 3.88. The maximum atomic E-state index is 5.17. The number of aryl methyl sites for hydroxylation is 1. The van der Waals surface area contributed by atoms with Crippen LogP contribution in [0, 0.1) is 0 Å². The van der Waals surface area contributed by atoms with E-state index in [9.17, 15) is 0 Å². The molecule has 106 valence electrons. The summed E-state index contributed by atoms with van der Waals surface area (Å²) in [5.74, 6) is 0.926. The normalized spacial score (nSPS) is 10.8. The summed E-state index contributed by atoms with van der Waals surface area (Å²) in [6, 6.07) is 19.0. The molecule has 0 atom stereocenters. The standard InChI is InChI=1S/C18H23NO/c1-19(15-17-7-4-3-5-8-17)14-6-9-16-10-12-18(20-2)13-11-16/h3-5,7-8,10-13H,6,9,14-15H2,1-2H3. The summed E-state index contributed by atoms with van der Waals surface area (Å²) >= 11 is 0. The number of rotatable bonds is 7. The molecule has 0 radical (unpaired) electrons. The van der Waals surface area contributed by atoms with Crippen LogP contribution in [0.15, 0.2) is 54.6 Å². The van der Waals surface area contributed by atoms with Crippen LogP contribution in [0.3, 0.4) is 0 Å². The first kappa shape index (κ1) is 14.6. The van der Waals surface area contributed by atoms with Gasteiger partial charge in [0.05, 0.1) is 7.11 Å². The lowest BCUT2D eigenvalue weighted by molar-refractivity contribution is 0.322. The number of ether oxygens (including phenoxy) is 1. The number of methoxy groups -OCH3 is 1. The van der Waals surface area contributed by atoms with E-state index < -0.39 is 0 Å². The predicted octanol–water partition coefficient (Wildman–Crippen LogP) is 3.76. The van der Waals surface area contributed by atoms with Gasteiger partial charge in [-0.3, -0.25) is 0 Å². The molecule has 0 bridgehead atoms. The first-order valence-electron chi connectivity index (χ1n) is 7.13. The zero-order valence-corrected chi connectivity index (χ0v) is 12.4. The molecule has 2 rings (SSSR count). The largest absolute Gasteiger partial charge is 0.497 e. The van der Waals surface area contributed by atoms with Crippen molar-refractivity contribution in [2.24, 2.45) is 0 Å². The summed E-state index contributed by atoms with van der Waals surface area (Å²) in [6.07, 6.45) is 2.29. The van der Waals surface area contributed by atoms with Crippen molar-refractivity contribution < 1.29 is 4.74 Å². The molecule has 2 aromatic rings. The molecule has 0 aliphatic rings. The summed E-state index contributed by atoms with van der Waals surface area (Å²) in [5.41, 5.74) is 2.75. The van der Waals surface area contributed by atoms with Crippen molar-refractivity contribution in [1.29, 1.82) is 0 Å². The predicted molar refractivity (Wildman–Crippen MR) is 84.1 cm³/mol. The van der Waals surface area contributed by atoms with Crippen molar-refractivity contribution >= 4 is 0 Å². The molecule has 0 saturated heterocycles. The van der Waals surface area contributed by atoms with Gasteiger partial charge in [0, 0.05) is 6.54 Å². The van der Waals surface area contributed by atoms with Gasteiger partial charge in [-0.2, -0.15) is 0 Å². The molecule has 0 saturated carbocycles. The second-order valence-electron chi connectivity index (χ2n) is 5.18. The number of benzene rings is 2. The van der Waals surface area contributed by atoms with Gasteiger partial charge in [-0.05, 0) is 49.7 Å². The molecule has 0 aliphatic heterocycles. The minimum atomic E-state index is 0.926. The molecule has 0 amide bonds. The molecular weight excluding hydrogens is 246 g/mol. The zero-order valence-electron chi connectivity index (χ0n) is 12.4. The van der Waals surface area contributed by atoms with E-state index in [4.69, 9.17) is 4.74 Å². The van der Waals surface area contributed by atoms with Gasteiger partial charge in [-0.25, -0.2) is 0 Å². The molecule has 20 heavy (non-hydrogen) atoms. The van der Waals surface area contributed by atoms with Crippen LogP contribution in [-0.2, 0) is 13.0 Å².